The van der Waals surface area contributed by atoms with Crippen LogP contribution in [0.5, 0.6) is 0 Å². The van der Waals surface area contributed by atoms with Gasteiger partial charge >= 0.3 is 0 Å². The summed E-state index contributed by atoms with van der Waals surface area (Å²) >= 11 is 0. The maximum atomic E-state index is 5.06. The number of rotatable bonds is 5. The SMILES string of the molecule is c1ccc(-c2cc(-c3ccccc3)nc(-c3ccc(-n4c5ccccc5c5ccc(-n6c7ccccc7c7ccccc76)cc54)cc3)n2)cc1. The Kier molecular flexibility index (Phi) is 6.46. The first-order valence-corrected chi connectivity index (χ1v) is 16.9. The normalized spacial score (nSPS) is 11.6. The molecule has 0 spiro atoms. The highest BCUT2D eigenvalue weighted by Crippen LogP contribution is 2.37. The van der Waals surface area contributed by atoms with Gasteiger partial charge in [-0.25, -0.2) is 9.97 Å². The first-order valence-electron chi connectivity index (χ1n) is 16.9. The van der Waals surface area contributed by atoms with Crippen molar-refractivity contribution in [2.45, 2.75) is 0 Å². The highest BCUT2D eigenvalue weighted by Gasteiger charge is 2.17. The van der Waals surface area contributed by atoms with Gasteiger partial charge in [0.15, 0.2) is 5.82 Å². The number of hydrogen-bond acceptors (Lipinski definition) is 2. The Bertz CT molecular complexity index is 2740. The molecule has 0 radical (unpaired) electrons. The first kappa shape index (κ1) is 28.3. The third-order valence-corrected chi connectivity index (χ3v) is 9.74. The van der Waals surface area contributed by atoms with E-state index in [1.807, 2.05) is 36.4 Å². The lowest BCUT2D eigenvalue weighted by Crippen LogP contribution is -1.98. The van der Waals surface area contributed by atoms with Gasteiger partial charge in [-0.05, 0) is 60.7 Å². The lowest BCUT2D eigenvalue weighted by molar-refractivity contribution is 1.15. The van der Waals surface area contributed by atoms with Gasteiger partial charge in [-0.2, -0.15) is 0 Å². The highest BCUT2D eigenvalue weighted by atomic mass is 15.0. The van der Waals surface area contributed by atoms with Crippen molar-refractivity contribution in [3.63, 3.8) is 0 Å². The molecule has 3 heterocycles. The zero-order valence-electron chi connectivity index (χ0n) is 27.1. The van der Waals surface area contributed by atoms with Crippen LogP contribution in [-0.2, 0) is 0 Å². The van der Waals surface area contributed by atoms with Gasteiger partial charge in [-0.15, -0.1) is 0 Å². The molecule has 0 saturated heterocycles. The molecule has 3 aromatic heterocycles. The minimum absolute atomic E-state index is 0.702. The van der Waals surface area contributed by atoms with Crippen molar-refractivity contribution < 1.29 is 0 Å². The van der Waals surface area contributed by atoms with Crippen molar-refractivity contribution in [1.29, 1.82) is 0 Å². The Morgan fingerprint density at radius 3 is 1.24 bits per heavy atom. The lowest BCUT2D eigenvalue weighted by atomic mass is 10.1. The standard InChI is InChI=1S/C46H30N4/c1-3-13-31(14-4-1)40-30-41(32-15-5-2-6-16-32)48-46(47-40)33-23-25-34(26-24-33)49-42-20-10-9-19-38(42)39-28-27-35(29-45(39)49)50-43-21-11-7-17-36(43)37-18-8-12-22-44(37)50/h1-30H. The van der Waals surface area contributed by atoms with Crippen molar-refractivity contribution in [2.75, 3.05) is 0 Å². The van der Waals surface area contributed by atoms with E-state index in [2.05, 4.69) is 155 Å². The fraction of sp³-hybridized carbons (Fsp3) is 0. The number of hydrogen-bond donors (Lipinski definition) is 0. The van der Waals surface area contributed by atoms with Crippen molar-refractivity contribution in [2.24, 2.45) is 0 Å². The maximum Gasteiger partial charge on any atom is 0.160 e. The monoisotopic (exact) mass is 638 g/mol. The minimum atomic E-state index is 0.702. The zero-order chi connectivity index (χ0) is 33.0. The van der Waals surface area contributed by atoms with Crippen LogP contribution in [0, 0.1) is 0 Å². The van der Waals surface area contributed by atoms with Gasteiger partial charge in [0, 0.05) is 49.6 Å². The Balaban J connectivity index is 1.14. The van der Waals surface area contributed by atoms with E-state index in [1.165, 1.54) is 38.1 Å². The van der Waals surface area contributed by atoms with Crippen molar-refractivity contribution >= 4 is 43.6 Å². The number of benzene rings is 7. The molecule has 10 rings (SSSR count). The van der Waals surface area contributed by atoms with Crippen LogP contribution in [0.3, 0.4) is 0 Å². The molecule has 10 aromatic rings. The van der Waals surface area contributed by atoms with Crippen LogP contribution < -0.4 is 0 Å². The van der Waals surface area contributed by atoms with Gasteiger partial charge in [-0.1, -0.05) is 121 Å². The van der Waals surface area contributed by atoms with E-state index in [9.17, 15) is 0 Å². The summed E-state index contributed by atoms with van der Waals surface area (Å²) in [4.78, 5) is 10.1. The van der Waals surface area contributed by atoms with Crippen LogP contribution in [-0.4, -0.2) is 19.1 Å². The molecule has 7 aromatic carbocycles. The number of fused-ring (bicyclic) bond motifs is 6. The average molecular weight is 639 g/mol. The molecule has 0 atom stereocenters. The first-order chi connectivity index (χ1) is 24.8. The molecular weight excluding hydrogens is 609 g/mol. The number of aromatic nitrogens is 4. The van der Waals surface area contributed by atoms with E-state index in [1.54, 1.807) is 0 Å². The van der Waals surface area contributed by atoms with E-state index in [-0.39, 0.29) is 0 Å². The molecule has 0 aliphatic heterocycles. The van der Waals surface area contributed by atoms with Crippen LogP contribution in [0.1, 0.15) is 0 Å². The molecule has 0 aliphatic rings. The number of nitrogens with zero attached hydrogens (tertiary/aromatic N) is 4. The van der Waals surface area contributed by atoms with Crippen LogP contribution in [0.25, 0.3) is 88.9 Å². The molecule has 0 unspecified atom stereocenters. The van der Waals surface area contributed by atoms with Gasteiger partial charge in [0.05, 0.1) is 33.5 Å². The van der Waals surface area contributed by atoms with Gasteiger partial charge in [0.25, 0.3) is 0 Å². The predicted octanol–water partition coefficient (Wildman–Crippen LogP) is 11.7. The smallest absolute Gasteiger partial charge is 0.160 e. The average Bonchev–Trinajstić information content (AvgIpc) is 3.71. The molecule has 0 N–H and O–H groups in total. The van der Waals surface area contributed by atoms with Gasteiger partial charge in [0.1, 0.15) is 0 Å². The minimum Gasteiger partial charge on any atom is -0.309 e. The summed E-state index contributed by atoms with van der Waals surface area (Å²) in [7, 11) is 0. The van der Waals surface area contributed by atoms with Crippen LogP contribution >= 0.6 is 0 Å². The highest BCUT2D eigenvalue weighted by molar-refractivity contribution is 6.12. The summed E-state index contributed by atoms with van der Waals surface area (Å²) in [5, 5.41) is 4.97. The zero-order valence-corrected chi connectivity index (χ0v) is 27.1. The van der Waals surface area contributed by atoms with Gasteiger partial charge in [0.2, 0.25) is 0 Å². The Hall–Kier alpha value is -6.78. The van der Waals surface area contributed by atoms with Gasteiger partial charge < -0.3 is 9.13 Å². The largest absolute Gasteiger partial charge is 0.309 e. The fourth-order valence-electron chi connectivity index (χ4n) is 7.43. The lowest BCUT2D eigenvalue weighted by Gasteiger charge is -2.12. The second-order valence-corrected chi connectivity index (χ2v) is 12.7. The summed E-state index contributed by atoms with van der Waals surface area (Å²) in [6.07, 6.45) is 0. The molecule has 4 nitrogen and oxygen atoms in total. The quantitative estimate of drug-likeness (QED) is 0.188. The van der Waals surface area contributed by atoms with Crippen molar-refractivity contribution in [3.8, 4) is 45.3 Å². The summed E-state index contributed by atoms with van der Waals surface area (Å²) in [5.41, 5.74) is 11.9. The fourth-order valence-corrected chi connectivity index (χ4v) is 7.43. The molecular formula is C46H30N4. The Morgan fingerprint density at radius 2 is 0.720 bits per heavy atom. The van der Waals surface area contributed by atoms with Crippen molar-refractivity contribution in [3.05, 3.63) is 182 Å². The van der Waals surface area contributed by atoms with Crippen LogP contribution in [0.4, 0.5) is 0 Å². The molecule has 0 amide bonds. The van der Waals surface area contributed by atoms with E-state index >= 15 is 0 Å². The molecule has 0 fully saturated rings. The van der Waals surface area contributed by atoms with Gasteiger partial charge in [-0.3, -0.25) is 0 Å². The molecule has 0 bridgehead atoms. The van der Waals surface area contributed by atoms with E-state index < -0.39 is 0 Å². The summed E-state index contributed by atoms with van der Waals surface area (Å²) in [5.74, 6) is 0.702. The van der Waals surface area contributed by atoms with Crippen molar-refractivity contribution in [1.82, 2.24) is 19.1 Å². The topological polar surface area (TPSA) is 35.6 Å². The summed E-state index contributed by atoms with van der Waals surface area (Å²) in [6.45, 7) is 0. The second-order valence-electron chi connectivity index (χ2n) is 12.7. The van der Waals surface area contributed by atoms with Crippen LogP contribution in [0.2, 0.25) is 0 Å². The third-order valence-electron chi connectivity index (χ3n) is 9.74. The molecule has 50 heavy (non-hydrogen) atoms. The predicted molar refractivity (Wildman–Crippen MR) is 207 cm³/mol. The third kappa shape index (κ3) is 4.54. The second kappa shape index (κ2) is 11.4. The Morgan fingerprint density at radius 1 is 0.300 bits per heavy atom. The number of para-hydroxylation sites is 3. The van der Waals surface area contributed by atoms with E-state index in [0.29, 0.717) is 5.82 Å². The van der Waals surface area contributed by atoms with E-state index in [4.69, 9.17) is 9.97 Å². The summed E-state index contributed by atoms with van der Waals surface area (Å²) < 4.78 is 4.76. The summed E-state index contributed by atoms with van der Waals surface area (Å²) in [6, 6.07) is 64.3. The molecule has 234 valence electrons. The molecule has 4 heteroatoms. The maximum absolute atomic E-state index is 5.06. The Labute approximate surface area is 289 Å². The van der Waals surface area contributed by atoms with Crippen LogP contribution in [0.15, 0.2) is 182 Å². The molecule has 0 aliphatic carbocycles. The molecule has 0 saturated carbocycles. The van der Waals surface area contributed by atoms with E-state index in [0.717, 1.165) is 45.0 Å².